The molecule has 3 rings (SSSR count). The molecular weight excluding hydrogens is 322 g/mol. The van der Waals surface area contributed by atoms with Crippen LogP contribution in [0.2, 0.25) is 0 Å². The SMILES string of the molecule is O=C(c1c(F)cccc1F)N1CCN(C/C=C\c2ccccc2)CC1. The molecule has 1 fully saturated rings. The summed E-state index contributed by atoms with van der Waals surface area (Å²) in [5.41, 5.74) is 0.686. The fourth-order valence-corrected chi connectivity index (χ4v) is 2.90. The monoisotopic (exact) mass is 342 g/mol. The lowest BCUT2D eigenvalue weighted by Gasteiger charge is -2.34. The summed E-state index contributed by atoms with van der Waals surface area (Å²) >= 11 is 0. The van der Waals surface area contributed by atoms with E-state index in [1.807, 2.05) is 30.3 Å². The van der Waals surface area contributed by atoms with Gasteiger partial charge in [0.15, 0.2) is 0 Å². The summed E-state index contributed by atoms with van der Waals surface area (Å²) in [7, 11) is 0. The van der Waals surface area contributed by atoms with Crippen molar-refractivity contribution < 1.29 is 13.6 Å². The fourth-order valence-electron chi connectivity index (χ4n) is 2.90. The van der Waals surface area contributed by atoms with Crippen molar-refractivity contribution in [3.8, 4) is 0 Å². The lowest BCUT2D eigenvalue weighted by atomic mass is 10.1. The highest BCUT2D eigenvalue weighted by atomic mass is 19.1. The third kappa shape index (κ3) is 4.31. The maximum absolute atomic E-state index is 13.8. The van der Waals surface area contributed by atoms with Crippen molar-refractivity contribution in [1.82, 2.24) is 9.80 Å². The number of carbonyl (C=O) groups excluding carboxylic acids is 1. The molecule has 5 heteroatoms. The van der Waals surface area contributed by atoms with Crippen LogP contribution in [0.4, 0.5) is 8.78 Å². The van der Waals surface area contributed by atoms with Gasteiger partial charge in [0, 0.05) is 32.7 Å². The number of benzene rings is 2. The number of hydrogen-bond acceptors (Lipinski definition) is 2. The first-order valence-electron chi connectivity index (χ1n) is 8.32. The molecule has 0 unspecified atom stereocenters. The third-order valence-corrected chi connectivity index (χ3v) is 4.31. The van der Waals surface area contributed by atoms with E-state index in [9.17, 15) is 13.6 Å². The molecule has 130 valence electrons. The van der Waals surface area contributed by atoms with Crippen LogP contribution in [0, 0.1) is 11.6 Å². The number of rotatable bonds is 4. The first-order valence-corrected chi connectivity index (χ1v) is 8.32. The molecule has 1 saturated heterocycles. The Hall–Kier alpha value is -2.53. The molecule has 0 aromatic heterocycles. The average molecular weight is 342 g/mol. The maximum Gasteiger partial charge on any atom is 0.259 e. The number of amides is 1. The Morgan fingerprint density at radius 1 is 0.920 bits per heavy atom. The summed E-state index contributed by atoms with van der Waals surface area (Å²) in [5, 5.41) is 0. The zero-order chi connectivity index (χ0) is 17.6. The van der Waals surface area contributed by atoms with Gasteiger partial charge in [-0.1, -0.05) is 48.6 Å². The molecule has 1 aliphatic rings. The molecular formula is C20H20F2N2O. The molecule has 0 bridgehead atoms. The molecule has 1 aliphatic heterocycles. The highest BCUT2D eigenvalue weighted by Gasteiger charge is 2.26. The lowest BCUT2D eigenvalue weighted by Crippen LogP contribution is -2.49. The summed E-state index contributed by atoms with van der Waals surface area (Å²) in [4.78, 5) is 16.1. The van der Waals surface area contributed by atoms with Gasteiger partial charge >= 0.3 is 0 Å². The van der Waals surface area contributed by atoms with E-state index in [0.29, 0.717) is 26.2 Å². The van der Waals surface area contributed by atoms with Crippen molar-refractivity contribution in [2.45, 2.75) is 0 Å². The van der Waals surface area contributed by atoms with Crippen molar-refractivity contribution in [3.05, 3.63) is 77.4 Å². The van der Waals surface area contributed by atoms with E-state index in [1.165, 1.54) is 11.0 Å². The smallest absolute Gasteiger partial charge is 0.259 e. The van der Waals surface area contributed by atoms with Crippen molar-refractivity contribution in [2.75, 3.05) is 32.7 Å². The summed E-state index contributed by atoms with van der Waals surface area (Å²) < 4.78 is 27.5. The normalized spacial score (nSPS) is 15.7. The molecule has 1 heterocycles. The van der Waals surface area contributed by atoms with Gasteiger partial charge in [0.1, 0.15) is 17.2 Å². The number of nitrogens with zero attached hydrogens (tertiary/aromatic N) is 2. The topological polar surface area (TPSA) is 23.6 Å². The molecule has 0 atom stereocenters. The molecule has 3 nitrogen and oxygen atoms in total. The predicted octanol–water partition coefficient (Wildman–Crippen LogP) is 3.44. The van der Waals surface area contributed by atoms with E-state index in [2.05, 4.69) is 17.1 Å². The van der Waals surface area contributed by atoms with Gasteiger partial charge < -0.3 is 4.90 Å². The molecule has 0 aliphatic carbocycles. The quantitative estimate of drug-likeness (QED) is 0.850. The van der Waals surface area contributed by atoms with Crippen LogP contribution < -0.4 is 0 Å². The Morgan fingerprint density at radius 3 is 2.20 bits per heavy atom. The van der Waals surface area contributed by atoms with Crippen molar-refractivity contribution in [1.29, 1.82) is 0 Å². The van der Waals surface area contributed by atoms with Crippen LogP contribution in [0.15, 0.2) is 54.6 Å². The van der Waals surface area contributed by atoms with E-state index < -0.39 is 23.1 Å². The molecule has 0 N–H and O–H groups in total. The Labute approximate surface area is 146 Å². The third-order valence-electron chi connectivity index (χ3n) is 4.31. The fraction of sp³-hybridized carbons (Fsp3) is 0.250. The molecule has 0 spiro atoms. The van der Waals surface area contributed by atoms with Crippen molar-refractivity contribution in [2.24, 2.45) is 0 Å². The first kappa shape index (κ1) is 17.3. The Balaban J connectivity index is 1.53. The molecule has 1 amide bonds. The minimum Gasteiger partial charge on any atom is -0.336 e. The van der Waals surface area contributed by atoms with Gasteiger partial charge in [0.05, 0.1) is 0 Å². The van der Waals surface area contributed by atoms with E-state index in [-0.39, 0.29) is 0 Å². The van der Waals surface area contributed by atoms with Crippen LogP contribution in [0.25, 0.3) is 6.08 Å². The minimum atomic E-state index is -0.807. The van der Waals surface area contributed by atoms with Crippen molar-refractivity contribution in [3.63, 3.8) is 0 Å². The maximum atomic E-state index is 13.8. The van der Waals surface area contributed by atoms with E-state index in [4.69, 9.17) is 0 Å². The number of halogens is 2. The van der Waals surface area contributed by atoms with Crippen molar-refractivity contribution >= 4 is 12.0 Å². The first-order chi connectivity index (χ1) is 12.1. The van der Waals surface area contributed by atoms with Crippen LogP contribution in [0.1, 0.15) is 15.9 Å². The summed E-state index contributed by atoms with van der Waals surface area (Å²) in [6.45, 7) is 3.07. The Kier molecular flexibility index (Phi) is 5.56. The zero-order valence-electron chi connectivity index (χ0n) is 13.9. The number of hydrogen-bond donors (Lipinski definition) is 0. The molecule has 2 aromatic rings. The van der Waals surface area contributed by atoms with Crippen LogP contribution in [-0.2, 0) is 0 Å². The molecule has 0 saturated carbocycles. The summed E-state index contributed by atoms with van der Waals surface area (Å²) in [6.07, 6.45) is 4.15. The predicted molar refractivity (Wildman–Crippen MR) is 94.2 cm³/mol. The Bertz CT molecular complexity index is 733. The number of carbonyl (C=O) groups is 1. The van der Waals surface area contributed by atoms with E-state index in [0.717, 1.165) is 24.2 Å². The second-order valence-electron chi connectivity index (χ2n) is 6.00. The van der Waals surface area contributed by atoms with Gasteiger partial charge in [0.25, 0.3) is 5.91 Å². The highest BCUT2D eigenvalue weighted by molar-refractivity contribution is 5.94. The van der Waals surface area contributed by atoms with Gasteiger partial charge in [-0.3, -0.25) is 9.69 Å². The zero-order valence-corrected chi connectivity index (χ0v) is 13.9. The molecule has 0 radical (unpaired) electrons. The van der Waals surface area contributed by atoms with Crippen LogP contribution in [0.5, 0.6) is 0 Å². The summed E-state index contributed by atoms with van der Waals surface area (Å²) in [6, 6.07) is 13.5. The van der Waals surface area contributed by atoms with E-state index >= 15 is 0 Å². The lowest BCUT2D eigenvalue weighted by molar-refractivity contribution is 0.0640. The molecule has 2 aromatic carbocycles. The van der Waals surface area contributed by atoms with Gasteiger partial charge in [-0.2, -0.15) is 0 Å². The van der Waals surface area contributed by atoms with Gasteiger partial charge in [-0.05, 0) is 17.7 Å². The van der Waals surface area contributed by atoms with Gasteiger partial charge in [0.2, 0.25) is 0 Å². The highest BCUT2D eigenvalue weighted by Crippen LogP contribution is 2.16. The second-order valence-corrected chi connectivity index (χ2v) is 6.00. The van der Waals surface area contributed by atoms with E-state index in [1.54, 1.807) is 0 Å². The van der Waals surface area contributed by atoms with Crippen LogP contribution in [-0.4, -0.2) is 48.4 Å². The second kappa shape index (κ2) is 8.03. The molecule has 25 heavy (non-hydrogen) atoms. The van der Waals surface area contributed by atoms with Crippen LogP contribution >= 0.6 is 0 Å². The minimum absolute atomic E-state index is 0.458. The largest absolute Gasteiger partial charge is 0.336 e. The van der Waals surface area contributed by atoms with Gasteiger partial charge in [-0.25, -0.2) is 8.78 Å². The van der Waals surface area contributed by atoms with Gasteiger partial charge in [-0.15, -0.1) is 0 Å². The summed E-state index contributed by atoms with van der Waals surface area (Å²) in [5.74, 6) is -2.19. The average Bonchev–Trinajstić information content (AvgIpc) is 2.63. The number of piperazine rings is 1. The van der Waals surface area contributed by atoms with Crippen LogP contribution in [0.3, 0.4) is 0 Å². The Morgan fingerprint density at radius 2 is 1.56 bits per heavy atom. The standard InChI is InChI=1S/C20H20F2N2O/c21-17-9-4-10-18(22)19(17)20(25)24-14-12-23(13-15-24)11-5-8-16-6-2-1-3-7-16/h1-10H,11-15H2/b8-5-.